The number of allylic oxidation sites excluding steroid dienone is 1. The van der Waals surface area contributed by atoms with E-state index in [0.717, 1.165) is 4.90 Å². The average Bonchev–Trinajstić information content (AvgIpc) is 2.80. The maximum absolute atomic E-state index is 12.3. The van der Waals surface area contributed by atoms with Gasteiger partial charge in [0.15, 0.2) is 0 Å². The van der Waals surface area contributed by atoms with Crippen molar-refractivity contribution >= 4 is 52.5 Å². The van der Waals surface area contributed by atoms with E-state index in [9.17, 15) is 14.9 Å². The smallest absolute Gasteiger partial charge is 0.288 e. The number of nitro benzene ring substituents is 1. The van der Waals surface area contributed by atoms with Crippen molar-refractivity contribution in [2.45, 2.75) is 4.90 Å². The van der Waals surface area contributed by atoms with Crippen molar-refractivity contribution < 1.29 is 9.72 Å². The van der Waals surface area contributed by atoms with Gasteiger partial charge in [-0.2, -0.15) is 0 Å². The van der Waals surface area contributed by atoms with E-state index in [1.165, 1.54) is 30.0 Å². The fraction of sp³-hybridized carbons (Fsp3) is 0. The predicted molar refractivity (Wildman–Crippen MR) is 87.7 cm³/mol. The van der Waals surface area contributed by atoms with Crippen LogP contribution in [-0.4, -0.2) is 10.7 Å². The molecule has 0 N–H and O–H groups in total. The summed E-state index contributed by atoms with van der Waals surface area (Å²) in [6, 6.07) is 9.85. The number of halogens is 2. The van der Waals surface area contributed by atoms with E-state index in [1.807, 2.05) is 12.1 Å². The monoisotopic (exact) mass is 351 g/mol. The van der Waals surface area contributed by atoms with Crippen LogP contribution < -0.4 is 0 Å². The molecule has 22 heavy (non-hydrogen) atoms. The maximum atomic E-state index is 12.3. The maximum Gasteiger partial charge on any atom is 0.288 e. The zero-order valence-corrected chi connectivity index (χ0v) is 13.2. The quantitative estimate of drug-likeness (QED) is 0.422. The van der Waals surface area contributed by atoms with E-state index in [4.69, 9.17) is 23.2 Å². The van der Waals surface area contributed by atoms with Crippen LogP contribution in [0.15, 0.2) is 46.2 Å². The summed E-state index contributed by atoms with van der Waals surface area (Å²) >= 11 is 13.4. The standard InChI is InChI=1S/C15H7Cl2NO3S/c16-10-5-6-11(18(20)21)14(17)9(10)7-13-15(19)8-3-1-2-4-12(8)22-13/h1-7H. The van der Waals surface area contributed by atoms with Gasteiger partial charge in [0.2, 0.25) is 5.78 Å². The molecule has 110 valence electrons. The fourth-order valence-corrected chi connectivity index (χ4v) is 3.68. The number of hydrogen-bond donors (Lipinski definition) is 0. The van der Waals surface area contributed by atoms with Crippen LogP contribution in [0.1, 0.15) is 15.9 Å². The molecule has 2 aromatic carbocycles. The number of rotatable bonds is 2. The molecule has 0 radical (unpaired) electrons. The first-order chi connectivity index (χ1) is 10.5. The van der Waals surface area contributed by atoms with Gasteiger partial charge in [0, 0.05) is 27.1 Å². The molecule has 1 aliphatic heterocycles. The number of nitro groups is 1. The van der Waals surface area contributed by atoms with Crippen molar-refractivity contribution in [3.05, 3.63) is 72.6 Å². The average molecular weight is 352 g/mol. The molecule has 1 heterocycles. The topological polar surface area (TPSA) is 60.2 Å². The summed E-state index contributed by atoms with van der Waals surface area (Å²) < 4.78 is 0. The number of carbonyl (C=O) groups excluding carboxylic acids is 1. The molecule has 0 spiro atoms. The molecule has 0 fully saturated rings. The van der Waals surface area contributed by atoms with Crippen molar-refractivity contribution in [3.8, 4) is 0 Å². The molecule has 0 aliphatic carbocycles. The third-order valence-corrected chi connectivity index (χ3v) is 4.98. The van der Waals surface area contributed by atoms with Gasteiger partial charge in [0.1, 0.15) is 5.02 Å². The van der Waals surface area contributed by atoms with E-state index < -0.39 is 4.92 Å². The second-order valence-corrected chi connectivity index (χ2v) is 6.36. The summed E-state index contributed by atoms with van der Waals surface area (Å²) in [6.45, 7) is 0. The minimum Gasteiger partial charge on any atom is -0.288 e. The normalized spacial score (nSPS) is 15.2. The Morgan fingerprint density at radius 2 is 1.86 bits per heavy atom. The Morgan fingerprint density at radius 3 is 2.55 bits per heavy atom. The number of ketones is 1. The molecule has 0 saturated heterocycles. The molecule has 0 atom stereocenters. The first-order valence-corrected chi connectivity index (χ1v) is 7.72. The number of hydrogen-bond acceptors (Lipinski definition) is 4. The highest BCUT2D eigenvalue weighted by molar-refractivity contribution is 8.04. The van der Waals surface area contributed by atoms with Crippen LogP contribution in [-0.2, 0) is 0 Å². The first kappa shape index (κ1) is 15.1. The van der Waals surface area contributed by atoms with Crippen molar-refractivity contribution in [3.63, 3.8) is 0 Å². The molecule has 0 unspecified atom stereocenters. The van der Waals surface area contributed by atoms with E-state index in [2.05, 4.69) is 0 Å². The predicted octanol–water partition coefficient (Wildman–Crippen LogP) is 5.23. The van der Waals surface area contributed by atoms with E-state index >= 15 is 0 Å². The van der Waals surface area contributed by atoms with Crippen molar-refractivity contribution in [1.82, 2.24) is 0 Å². The summed E-state index contributed by atoms with van der Waals surface area (Å²) in [5.74, 6) is -0.140. The first-order valence-electron chi connectivity index (χ1n) is 6.14. The number of carbonyl (C=O) groups is 1. The molecule has 0 saturated carbocycles. The zero-order valence-electron chi connectivity index (χ0n) is 10.9. The highest BCUT2D eigenvalue weighted by atomic mass is 35.5. The highest BCUT2D eigenvalue weighted by Crippen LogP contribution is 2.43. The van der Waals surface area contributed by atoms with Crippen LogP contribution in [0.2, 0.25) is 10.0 Å². The molecule has 7 heteroatoms. The van der Waals surface area contributed by atoms with Gasteiger partial charge < -0.3 is 0 Å². The molecule has 2 aromatic rings. The Balaban J connectivity index is 2.10. The second-order valence-electron chi connectivity index (χ2n) is 4.49. The summed E-state index contributed by atoms with van der Waals surface area (Å²) in [4.78, 5) is 24.0. The van der Waals surface area contributed by atoms with E-state index in [-0.39, 0.29) is 27.1 Å². The Kier molecular flexibility index (Phi) is 3.95. The lowest BCUT2D eigenvalue weighted by atomic mass is 10.1. The third-order valence-electron chi connectivity index (χ3n) is 3.15. The van der Waals surface area contributed by atoms with Gasteiger partial charge in [0.25, 0.3) is 5.69 Å². The third kappa shape index (κ3) is 2.52. The second kappa shape index (κ2) is 5.76. The molecule has 0 aromatic heterocycles. The SMILES string of the molecule is O=C1C(=Cc2c(Cl)ccc([N+](=O)[O-])c2Cl)Sc2ccccc21. The minimum absolute atomic E-state index is 0.0747. The summed E-state index contributed by atoms with van der Waals surface area (Å²) in [5.41, 5.74) is 0.642. The fourth-order valence-electron chi connectivity index (χ4n) is 2.10. The number of benzene rings is 2. The van der Waals surface area contributed by atoms with Crippen molar-refractivity contribution in [1.29, 1.82) is 0 Å². The van der Waals surface area contributed by atoms with E-state index in [1.54, 1.807) is 12.1 Å². The van der Waals surface area contributed by atoms with Crippen LogP contribution in [0, 0.1) is 10.1 Å². The lowest BCUT2D eigenvalue weighted by Gasteiger charge is -2.04. The van der Waals surface area contributed by atoms with Gasteiger partial charge in [-0.05, 0) is 24.3 Å². The molecular formula is C15H7Cl2NO3S. The summed E-state index contributed by atoms with van der Waals surface area (Å²) in [6.07, 6.45) is 1.50. The Morgan fingerprint density at radius 1 is 1.14 bits per heavy atom. The highest BCUT2D eigenvalue weighted by Gasteiger charge is 2.26. The van der Waals surface area contributed by atoms with Crippen LogP contribution in [0.3, 0.4) is 0 Å². The molecular weight excluding hydrogens is 345 g/mol. The molecule has 1 aliphatic rings. The Bertz CT molecular complexity index is 849. The van der Waals surface area contributed by atoms with Crippen LogP contribution in [0.5, 0.6) is 0 Å². The van der Waals surface area contributed by atoms with Gasteiger partial charge in [-0.15, -0.1) is 0 Å². The Labute approximate surface area is 139 Å². The Hall–Kier alpha value is -1.82. The van der Waals surface area contributed by atoms with Crippen LogP contribution in [0.4, 0.5) is 5.69 Å². The molecule has 3 rings (SSSR count). The van der Waals surface area contributed by atoms with Gasteiger partial charge >= 0.3 is 0 Å². The number of nitrogens with zero attached hydrogens (tertiary/aromatic N) is 1. The molecule has 0 amide bonds. The summed E-state index contributed by atoms with van der Waals surface area (Å²) in [7, 11) is 0. The molecule has 0 bridgehead atoms. The van der Waals surface area contributed by atoms with E-state index in [0.29, 0.717) is 10.5 Å². The van der Waals surface area contributed by atoms with Crippen molar-refractivity contribution in [2.75, 3.05) is 0 Å². The lowest BCUT2D eigenvalue weighted by molar-refractivity contribution is -0.384. The van der Waals surface area contributed by atoms with Crippen LogP contribution >= 0.6 is 35.0 Å². The van der Waals surface area contributed by atoms with Crippen LogP contribution in [0.25, 0.3) is 6.08 Å². The largest absolute Gasteiger partial charge is 0.288 e. The lowest BCUT2D eigenvalue weighted by Crippen LogP contribution is -1.95. The van der Waals surface area contributed by atoms with Crippen molar-refractivity contribution in [2.24, 2.45) is 0 Å². The zero-order chi connectivity index (χ0) is 15.9. The minimum atomic E-state index is -0.584. The number of fused-ring (bicyclic) bond motifs is 1. The van der Waals surface area contributed by atoms with Gasteiger partial charge in [-0.3, -0.25) is 14.9 Å². The van der Waals surface area contributed by atoms with Gasteiger partial charge in [0.05, 0.1) is 9.83 Å². The number of thioether (sulfide) groups is 1. The van der Waals surface area contributed by atoms with Gasteiger partial charge in [-0.1, -0.05) is 47.1 Å². The van der Waals surface area contributed by atoms with Gasteiger partial charge in [-0.25, -0.2) is 0 Å². The summed E-state index contributed by atoms with van der Waals surface area (Å²) in [5, 5.41) is 11.1. The number of Topliss-reactive ketones (excluding diaryl/α,β-unsaturated/α-hetero) is 1. The molecule has 4 nitrogen and oxygen atoms in total.